The van der Waals surface area contributed by atoms with Gasteiger partial charge in [0, 0.05) is 43.5 Å². The number of aromatic amines is 1. The van der Waals surface area contributed by atoms with Crippen LogP contribution in [0.4, 0.5) is 13.2 Å². The molecule has 192 valence electrons. The fourth-order valence-electron chi connectivity index (χ4n) is 3.66. The molecular formula is C22H25F3N8O3. The Morgan fingerprint density at radius 1 is 1.33 bits per heavy atom. The summed E-state index contributed by atoms with van der Waals surface area (Å²) >= 11 is 0. The maximum atomic E-state index is 12.1. The normalized spacial score (nSPS) is 15.2. The van der Waals surface area contributed by atoms with E-state index in [4.69, 9.17) is 16.1 Å². The molecule has 0 unspecified atom stereocenters. The van der Waals surface area contributed by atoms with Gasteiger partial charge in [-0.3, -0.25) is 9.48 Å². The molecule has 0 radical (unpaired) electrons. The second-order valence-corrected chi connectivity index (χ2v) is 8.20. The van der Waals surface area contributed by atoms with Gasteiger partial charge in [-0.25, -0.2) is 14.8 Å². The molecule has 4 rings (SSSR count). The fraction of sp³-hybridized carbons (Fsp3) is 0.455. The summed E-state index contributed by atoms with van der Waals surface area (Å²) in [5.74, 6) is -1.82. The Bertz CT molecular complexity index is 1260. The predicted octanol–water partition coefficient (Wildman–Crippen LogP) is 2.57. The number of carboxylic acid groups (broad SMARTS) is 1. The predicted molar refractivity (Wildman–Crippen MR) is 121 cm³/mol. The first-order valence-electron chi connectivity index (χ1n) is 11.1. The molecule has 1 aliphatic rings. The Balaban J connectivity index is 0.000000202. The van der Waals surface area contributed by atoms with E-state index >= 15 is 0 Å². The summed E-state index contributed by atoms with van der Waals surface area (Å²) in [5, 5.41) is 21.9. The first-order valence-corrected chi connectivity index (χ1v) is 11.1. The second-order valence-electron chi connectivity index (χ2n) is 8.20. The average molecular weight is 506 g/mol. The van der Waals surface area contributed by atoms with Gasteiger partial charge in [0.2, 0.25) is 5.91 Å². The van der Waals surface area contributed by atoms with Gasteiger partial charge in [0.25, 0.3) is 0 Å². The van der Waals surface area contributed by atoms with E-state index in [0.29, 0.717) is 42.8 Å². The summed E-state index contributed by atoms with van der Waals surface area (Å²) < 4.78 is 37.9. The molecule has 3 aromatic rings. The number of likely N-dealkylation sites (tertiary alicyclic amines) is 1. The number of carbonyl (C=O) groups is 2. The minimum atomic E-state index is -4.43. The van der Waals surface area contributed by atoms with E-state index in [-0.39, 0.29) is 11.5 Å². The molecule has 1 saturated heterocycles. The van der Waals surface area contributed by atoms with Crippen molar-refractivity contribution >= 4 is 23.0 Å². The lowest BCUT2D eigenvalue weighted by molar-refractivity contribution is -0.153. The van der Waals surface area contributed by atoms with Crippen molar-refractivity contribution in [3.05, 3.63) is 30.4 Å². The molecule has 3 aromatic heterocycles. The molecule has 0 aromatic carbocycles. The van der Waals surface area contributed by atoms with Crippen molar-refractivity contribution in [3.63, 3.8) is 0 Å². The molecule has 0 bridgehead atoms. The van der Waals surface area contributed by atoms with Gasteiger partial charge in [-0.15, -0.1) is 0 Å². The second kappa shape index (κ2) is 11.2. The monoisotopic (exact) mass is 506 g/mol. The minimum absolute atomic E-state index is 0.113. The van der Waals surface area contributed by atoms with Gasteiger partial charge in [-0.05, 0) is 19.8 Å². The smallest absolute Gasteiger partial charge is 0.391 e. The third-order valence-electron chi connectivity index (χ3n) is 5.62. The van der Waals surface area contributed by atoms with Crippen LogP contribution in [0.2, 0.25) is 0 Å². The number of amides is 1. The van der Waals surface area contributed by atoms with E-state index in [1.54, 1.807) is 17.1 Å². The zero-order valence-corrected chi connectivity index (χ0v) is 19.4. The maximum Gasteiger partial charge on any atom is 0.391 e. The van der Waals surface area contributed by atoms with Crippen LogP contribution in [0, 0.1) is 17.2 Å². The van der Waals surface area contributed by atoms with Crippen LogP contribution in [-0.4, -0.2) is 71.9 Å². The standard InChI is InChI=1S/C12H11N5O2.C10H14F3N3O/c1-2-17-6-7(3-15-17)9-5-14-11-10(16-9)8(4-13-11)12(18)19;11-10(12,13)5-8(15)9(17)16-3-1-7(6-14)2-4-16/h3-6H,2H2,1H3,(H,13,14)(H,18,19);7-8H,1-5,15H2/t;8-/m.1/s1. The highest BCUT2D eigenvalue weighted by molar-refractivity contribution is 6.00. The molecule has 36 heavy (non-hydrogen) atoms. The van der Waals surface area contributed by atoms with Gasteiger partial charge >= 0.3 is 12.1 Å². The molecule has 1 aliphatic heterocycles. The number of hydrogen-bond acceptors (Lipinski definition) is 7. The summed E-state index contributed by atoms with van der Waals surface area (Å²) in [6.07, 6.45) is 1.80. The number of aryl methyl sites for hydroxylation is 1. The van der Waals surface area contributed by atoms with Gasteiger partial charge < -0.3 is 20.7 Å². The van der Waals surface area contributed by atoms with Crippen LogP contribution in [-0.2, 0) is 11.3 Å². The number of H-pyrrole nitrogens is 1. The lowest BCUT2D eigenvalue weighted by Gasteiger charge is -2.31. The van der Waals surface area contributed by atoms with Gasteiger partial charge in [0.05, 0.1) is 36.6 Å². The van der Waals surface area contributed by atoms with Crippen LogP contribution in [0.15, 0.2) is 24.8 Å². The minimum Gasteiger partial charge on any atom is -0.478 e. The first-order chi connectivity index (χ1) is 17.0. The highest BCUT2D eigenvalue weighted by Gasteiger charge is 2.35. The van der Waals surface area contributed by atoms with E-state index in [9.17, 15) is 22.8 Å². The molecule has 4 heterocycles. The van der Waals surface area contributed by atoms with Gasteiger partial charge in [-0.1, -0.05) is 0 Å². The van der Waals surface area contributed by atoms with Crippen LogP contribution >= 0.6 is 0 Å². The van der Waals surface area contributed by atoms with Crippen molar-refractivity contribution in [1.82, 2.24) is 29.6 Å². The number of piperidine rings is 1. The maximum absolute atomic E-state index is 12.1. The van der Waals surface area contributed by atoms with E-state index in [2.05, 4.69) is 26.1 Å². The van der Waals surface area contributed by atoms with Crippen LogP contribution < -0.4 is 5.73 Å². The van der Waals surface area contributed by atoms with Crippen LogP contribution in [0.1, 0.15) is 36.5 Å². The van der Waals surface area contributed by atoms with Crippen molar-refractivity contribution in [1.29, 1.82) is 5.26 Å². The number of carbonyl (C=O) groups excluding carboxylic acids is 1. The highest BCUT2D eigenvalue weighted by Crippen LogP contribution is 2.23. The Morgan fingerprint density at radius 2 is 2.03 bits per heavy atom. The number of halogens is 3. The van der Waals surface area contributed by atoms with E-state index in [0.717, 1.165) is 12.1 Å². The topological polar surface area (TPSA) is 167 Å². The van der Waals surface area contributed by atoms with Crippen LogP contribution in [0.25, 0.3) is 22.4 Å². The van der Waals surface area contributed by atoms with Crippen LogP contribution in [0.3, 0.4) is 0 Å². The molecule has 0 spiro atoms. The quantitative estimate of drug-likeness (QED) is 0.475. The highest BCUT2D eigenvalue weighted by atomic mass is 19.4. The molecule has 1 fully saturated rings. The number of fused-ring (bicyclic) bond motifs is 1. The zero-order chi connectivity index (χ0) is 26.5. The summed E-state index contributed by atoms with van der Waals surface area (Å²) in [5.41, 5.74) is 7.58. The Kier molecular flexibility index (Phi) is 8.25. The third-order valence-corrected chi connectivity index (χ3v) is 5.62. The number of aromatic carboxylic acids is 1. The Morgan fingerprint density at radius 3 is 2.58 bits per heavy atom. The lowest BCUT2D eigenvalue weighted by Crippen LogP contribution is -2.48. The molecule has 0 aliphatic carbocycles. The van der Waals surface area contributed by atoms with Crippen molar-refractivity contribution in [2.24, 2.45) is 11.7 Å². The molecule has 0 saturated carbocycles. The number of rotatable bonds is 5. The number of aromatic nitrogens is 5. The number of carboxylic acids is 1. The third kappa shape index (κ3) is 6.57. The van der Waals surface area contributed by atoms with Gasteiger partial charge in [0.1, 0.15) is 11.1 Å². The first kappa shape index (κ1) is 26.6. The van der Waals surface area contributed by atoms with Crippen LogP contribution in [0.5, 0.6) is 0 Å². The molecule has 14 heteroatoms. The molecule has 11 nitrogen and oxygen atoms in total. The SMILES string of the molecule is CCn1cc(-c2cnc3[nH]cc(C(=O)O)c3n2)cn1.N#CC1CCN(C(=O)[C@H](N)CC(F)(F)F)CC1. The van der Waals surface area contributed by atoms with Crippen molar-refractivity contribution in [2.75, 3.05) is 13.1 Å². The largest absolute Gasteiger partial charge is 0.478 e. The summed E-state index contributed by atoms with van der Waals surface area (Å²) in [6, 6.07) is 0.548. The number of nitrogens with one attached hydrogen (secondary N) is 1. The summed E-state index contributed by atoms with van der Waals surface area (Å²) in [7, 11) is 0. The number of nitrogens with two attached hydrogens (primary N) is 1. The molecule has 1 amide bonds. The summed E-state index contributed by atoms with van der Waals surface area (Å²) in [6.45, 7) is 3.37. The fourth-order valence-corrected chi connectivity index (χ4v) is 3.66. The number of alkyl halides is 3. The molecule has 1 atom stereocenters. The molecule has 4 N–H and O–H groups in total. The van der Waals surface area contributed by atoms with E-state index in [1.807, 2.05) is 13.1 Å². The Labute approximate surface area is 203 Å². The number of hydrogen-bond donors (Lipinski definition) is 3. The number of nitriles is 1. The average Bonchev–Trinajstić information content (AvgIpc) is 3.50. The summed E-state index contributed by atoms with van der Waals surface area (Å²) in [4.78, 5) is 35.3. The zero-order valence-electron chi connectivity index (χ0n) is 19.4. The number of nitrogens with zero attached hydrogens (tertiary/aromatic N) is 6. The Hall–Kier alpha value is -3.99. The van der Waals surface area contributed by atoms with Crippen molar-refractivity contribution < 1.29 is 27.9 Å². The van der Waals surface area contributed by atoms with Crippen molar-refractivity contribution in [2.45, 2.75) is 44.9 Å². The van der Waals surface area contributed by atoms with Crippen molar-refractivity contribution in [3.8, 4) is 17.3 Å². The van der Waals surface area contributed by atoms with Gasteiger partial charge in [0.15, 0.2) is 5.65 Å². The van der Waals surface area contributed by atoms with E-state index < -0.39 is 30.5 Å². The van der Waals surface area contributed by atoms with E-state index in [1.165, 1.54) is 11.1 Å². The van der Waals surface area contributed by atoms with Gasteiger partial charge in [-0.2, -0.15) is 23.5 Å². The molecular weight excluding hydrogens is 481 g/mol. The lowest BCUT2D eigenvalue weighted by atomic mass is 9.98.